The maximum atomic E-state index is 11.6. The molecule has 0 radical (unpaired) electrons. The summed E-state index contributed by atoms with van der Waals surface area (Å²) in [6, 6.07) is 4.65. The van der Waals surface area contributed by atoms with Gasteiger partial charge in [-0.1, -0.05) is 29.8 Å². The predicted molar refractivity (Wildman–Crippen MR) is 64.5 cm³/mol. The normalized spacial score (nSPS) is 12.2. The van der Waals surface area contributed by atoms with Gasteiger partial charge in [0.25, 0.3) is 5.69 Å². The number of ketones is 1. The smallest absolute Gasteiger partial charge is 0.273 e. The molecule has 1 atom stereocenters. The summed E-state index contributed by atoms with van der Waals surface area (Å²) >= 11 is 3.25. The first-order valence-corrected chi connectivity index (χ1v) is 5.73. The van der Waals surface area contributed by atoms with Gasteiger partial charge in [0.15, 0.2) is 0 Å². The molecule has 1 rings (SSSR count). The minimum absolute atomic E-state index is 0.00111. The van der Waals surface area contributed by atoms with Crippen LogP contribution in [-0.4, -0.2) is 10.7 Å². The second-order valence-corrected chi connectivity index (χ2v) is 4.42. The molecule has 0 saturated carbocycles. The minimum atomic E-state index is -0.457. The van der Waals surface area contributed by atoms with Crippen LogP contribution in [0.4, 0.5) is 5.69 Å². The van der Waals surface area contributed by atoms with E-state index in [1.165, 1.54) is 6.07 Å². The lowest BCUT2D eigenvalue weighted by molar-refractivity contribution is -0.385. The Hall–Kier alpha value is -1.23. The Balaban J connectivity index is 3.24. The van der Waals surface area contributed by atoms with Crippen LogP contribution in [0.3, 0.4) is 0 Å². The fourth-order valence-electron chi connectivity index (χ4n) is 1.52. The third kappa shape index (κ3) is 2.66. The Morgan fingerprint density at radius 1 is 1.56 bits per heavy atom. The summed E-state index contributed by atoms with van der Waals surface area (Å²) in [7, 11) is 0. The zero-order valence-electron chi connectivity index (χ0n) is 9.07. The number of nitro groups is 1. The Morgan fingerprint density at radius 2 is 2.19 bits per heavy atom. The largest absolute Gasteiger partial charge is 0.299 e. The van der Waals surface area contributed by atoms with Gasteiger partial charge in [-0.25, -0.2) is 0 Å². The van der Waals surface area contributed by atoms with E-state index in [0.717, 1.165) is 4.47 Å². The summed E-state index contributed by atoms with van der Waals surface area (Å²) in [4.78, 5) is 21.9. The van der Waals surface area contributed by atoms with E-state index in [2.05, 4.69) is 15.9 Å². The van der Waals surface area contributed by atoms with Crippen LogP contribution < -0.4 is 0 Å². The Bertz CT molecular complexity index is 431. The van der Waals surface area contributed by atoms with Crippen LogP contribution in [-0.2, 0) is 4.79 Å². The number of Topliss-reactive ketones (excluding diaryl/α,β-unsaturated/α-hetero) is 1. The van der Waals surface area contributed by atoms with Crippen molar-refractivity contribution in [2.75, 3.05) is 0 Å². The molecule has 0 fully saturated rings. The van der Waals surface area contributed by atoms with E-state index in [-0.39, 0.29) is 11.5 Å². The van der Waals surface area contributed by atoms with Crippen molar-refractivity contribution in [2.45, 2.75) is 26.2 Å². The molecule has 4 nitrogen and oxygen atoms in total. The number of hydrogen-bond acceptors (Lipinski definition) is 3. The number of halogens is 1. The van der Waals surface area contributed by atoms with Gasteiger partial charge in [-0.05, 0) is 12.1 Å². The van der Waals surface area contributed by atoms with E-state index < -0.39 is 10.8 Å². The van der Waals surface area contributed by atoms with Crippen molar-refractivity contribution in [3.8, 4) is 0 Å². The Labute approximate surface area is 102 Å². The quantitative estimate of drug-likeness (QED) is 0.629. The van der Waals surface area contributed by atoms with E-state index in [0.29, 0.717) is 12.0 Å². The van der Waals surface area contributed by atoms with Crippen LogP contribution in [0.5, 0.6) is 0 Å². The standard InChI is InChI=1S/C11H12BrNO3/c1-3-11(14)7(2)9-6-8(12)4-5-10(9)13(15)16/h4-7H,3H2,1-2H3. The number of hydrogen-bond donors (Lipinski definition) is 0. The highest BCUT2D eigenvalue weighted by Gasteiger charge is 2.23. The lowest BCUT2D eigenvalue weighted by Gasteiger charge is -2.10. The Morgan fingerprint density at radius 3 is 2.69 bits per heavy atom. The average molecular weight is 286 g/mol. The van der Waals surface area contributed by atoms with Crippen molar-refractivity contribution >= 4 is 27.4 Å². The topological polar surface area (TPSA) is 60.2 Å². The molecule has 0 N–H and O–H groups in total. The maximum Gasteiger partial charge on any atom is 0.273 e. The highest BCUT2D eigenvalue weighted by molar-refractivity contribution is 9.10. The number of benzene rings is 1. The van der Waals surface area contributed by atoms with E-state index in [9.17, 15) is 14.9 Å². The Kier molecular flexibility index (Phi) is 4.18. The molecule has 0 aromatic heterocycles. The lowest BCUT2D eigenvalue weighted by atomic mass is 9.94. The first kappa shape index (κ1) is 12.8. The minimum Gasteiger partial charge on any atom is -0.299 e. The molecule has 5 heteroatoms. The fraction of sp³-hybridized carbons (Fsp3) is 0.364. The van der Waals surface area contributed by atoms with Crippen molar-refractivity contribution in [2.24, 2.45) is 0 Å². The maximum absolute atomic E-state index is 11.6. The number of carbonyl (C=O) groups excluding carboxylic acids is 1. The van der Waals surface area contributed by atoms with Crippen LogP contribution in [0.25, 0.3) is 0 Å². The summed E-state index contributed by atoms with van der Waals surface area (Å²) < 4.78 is 0.740. The summed E-state index contributed by atoms with van der Waals surface area (Å²) in [5.74, 6) is -0.441. The third-order valence-corrected chi connectivity index (χ3v) is 2.98. The van der Waals surface area contributed by atoms with Gasteiger partial charge < -0.3 is 0 Å². The lowest BCUT2D eigenvalue weighted by Crippen LogP contribution is -2.09. The van der Waals surface area contributed by atoms with Crippen LogP contribution >= 0.6 is 15.9 Å². The van der Waals surface area contributed by atoms with Gasteiger partial charge in [0.05, 0.1) is 4.92 Å². The highest BCUT2D eigenvalue weighted by atomic mass is 79.9. The fourth-order valence-corrected chi connectivity index (χ4v) is 1.90. The van der Waals surface area contributed by atoms with E-state index >= 15 is 0 Å². The van der Waals surface area contributed by atoms with Crippen molar-refractivity contribution in [1.82, 2.24) is 0 Å². The molecule has 1 aromatic carbocycles. The van der Waals surface area contributed by atoms with Gasteiger partial charge in [-0.15, -0.1) is 0 Å². The van der Waals surface area contributed by atoms with Gasteiger partial charge in [0.1, 0.15) is 5.78 Å². The molecule has 1 aromatic rings. The molecular weight excluding hydrogens is 274 g/mol. The molecule has 16 heavy (non-hydrogen) atoms. The van der Waals surface area contributed by atoms with Crippen molar-refractivity contribution in [3.05, 3.63) is 38.3 Å². The van der Waals surface area contributed by atoms with Gasteiger partial charge >= 0.3 is 0 Å². The summed E-state index contributed by atoms with van der Waals surface area (Å²) in [5, 5.41) is 10.8. The van der Waals surface area contributed by atoms with E-state index in [1.54, 1.807) is 26.0 Å². The first-order valence-electron chi connectivity index (χ1n) is 4.94. The molecule has 0 spiro atoms. The van der Waals surface area contributed by atoms with Gasteiger partial charge in [-0.3, -0.25) is 14.9 Å². The van der Waals surface area contributed by atoms with E-state index in [4.69, 9.17) is 0 Å². The molecule has 0 saturated heterocycles. The SMILES string of the molecule is CCC(=O)C(C)c1cc(Br)ccc1[N+](=O)[O-]. The predicted octanol–water partition coefficient (Wildman–Crippen LogP) is 3.44. The van der Waals surface area contributed by atoms with Gasteiger partial charge in [0, 0.05) is 28.4 Å². The zero-order chi connectivity index (χ0) is 12.3. The van der Waals surface area contributed by atoms with Crippen molar-refractivity contribution in [1.29, 1.82) is 0 Å². The van der Waals surface area contributed by atoms with Gasteiger partial charge in [-0.2, -0.15) is 0 Å². The highest BCUT2D eigenvalue weighted by Crippen LogP contribution is 2.30. The zero-order valence-corrected chi connectivity index (χ0v) is 10.7. The van der Waals surface area contributed by atoms with Crippen LogP contribution in [0.15, 0.2) is 22.7 Å². The van der Waals surface area contributed by atoms with E-state index in [1.807, 2.05) is 0 Å². The summed E-state index contributed by atoms with van der Waals surface area (Å²) in [5.41, 5.74) is 0.462. The number of carbonyl (C=O) groups is 1. The molecule has 0 aliphatic rings. The average Bonchev–Trinajstić information content (AvgIpc) is 2.26. The molecular formula is C11H12BrNO3. The second kappa shape index (κ2) is 5.21. The number of nitro benzene ring substituents is 1. The summed E-state index contributed by atoms with van der Waals surface area (Å²) in [6.45, 7) is 3.45. The van der Waals surface area contributed by atoms with Crippen LogP contribution in [0, 0.1) is 10.1 Å². The molecule has 1 unspecified atom stereocenters. The molecule has 0 bridgehead atoms. The molecule has 0 aliphatic heterocycles. The van der Waals surface area contributed by atoms with Crippen LogP contribution in [0.1, 0.15) is 31.7 Å². The number of nitrogens with zero attached hydrogens (tertiary/aromatic N) is 1. The number of rotatable bonds is 4. The second-order valence-electron chi connectivity index (χ2n) is 3.50. The molecule has 86 valence electrons. The van der Waals surface area contributed by atoms with Gasteiger partial charge in [0.2, 0.25) is 0 Å². The molecule has 0 heterocycles. The summed E-state index contributed by atoms with van der Waals surface area (Å²) in [6.07, 6.45) is 0.380. The third-order valence-electron chi connectivity index (χ3n) is 2.48. The molecule has 0 aliphatic carbocycles. The monoisotopic (exact) mass is 285 g/mol. The molecule has 0 amide bonds. The van der Waals surface area contributed by atoms with Crippen molar-refractivity contribution < 1.29 is 9.72 Å². The van der Waals surface area contributed by atoms with Crippen LogP contribution in [0.2, 0.25) is 0 Å². The first-order chi connectivity index (χ1) is 7.47. The van der Waals surface area contributed by atoms with Crippen molar-refractivity contribution in [3.63, 3.8) is 0 Å².